The molecule has 0 amide bonds. The third-order valence-corrected chi connectivity index (χ3v) is 2.21. The van der Waals surface area contributed by atoms with Gasteiger partial charge in [0.2, 0.25) is 0 Å². The molecular formula is C11H10N2O3. The second-order valence-corrected chi connectivity index (χ2v) is 3.20. The van der Waals surface area contributed by atoms with Gasteiger partial charge in [0.25, 0.3) is 0 Å². The van der Waals surface area contributed by atoms with E-state index in [1.165, 1.54) is 31.6 Å². The molecule has 0 aliphatic rings. The highest BCUT2D eigenvalue weighted by Crippen LogP contribution is 2.24. The number of H-pyrrole nitrogens is 1. The minimum absolute atomic E-state index is 0.0769. The van der Waals surface area contributed by atoms with E-state index in [0.29, 0.717) is 11.3 Å². The first kappa shape index (κ1) is 10.2. The predicted octanol–water partition coefficient (Wildman–Crippen LogP) is 1.35. The third kappa shape index (κ3) is 1.75. The van der Waals surface area contributed by atoms with Crippen molar-refractivity contribution < 1.29 is 14.6 Å². The first-order chi connectivity index (χ1) is 7.72. The number of aromatic amines is 1. The monoisotopic (exact) mass is 218 g/mol. The average molecular weight is 218 g/mol. The third-order valence-electron chi connectivity index (χ3n) is 2.21. The number of nitrogens with zero attached hydrogens (tertiary/aromatic N) is 1. The van der Waals surface area contributed by atoms with E-state index in [0.717, 1.165) is 0 Å². The number of phenolic OH excluding ortho intramolecular Hbond substituents is 1. The standard InChI is InChI=1S/C11H10N2O3/c1-16-8-2-3-10(14)9(4-8)11(15)7-5-12-13-6-7/h2-6,14H,1H3,(H,12,13). The summed E-state index contributed by atoms with van der Waals surface area (Å²) < 4.78 is 4.99. The molecule has 0 spiro atoms. The number of hydrogen-bond acceptors (Lipinski definition) is 4. The Morgan fingerprint density at radius 3 is 2.94 bits per heavy atom. The Labute approximate surface area is 91.7 Å². The Bertz CT molecular complexity index is 506. The Balaban J connectivity index is 2.43. The summed E-state index contributed by atoms with van der Waals surface area (Å²) in [7, 11) is 1.50. The van der Waals surface area contributed by atoms with Crippen LogP contribution < -0.4 is 4.74 Å². The molecule has 1 heterocycles. The van der Waals surface area contributed by atoms with Crippen molar-refractivity contribution in [1.29, 1.82) is 0 Å². The number of rotatable bonds is 3. The van der Waals surface area contributed by atoms with E-state index in [2.05, 4.69) is 10.2 Å². The van der Waals surface area contributed by atoms with Gasteiger partial charge in [-0.15, -0.1) is 0 Å². The second-order valence-electron chi connectivity index (χ2n) is 3.20. The number of methoxy groups -OCH3 is 1. The molecule has 0 saturated carbocycles. The lowest BCUT2D eigenvalue weighted by Gasteiger charge is -2.04. The van der Waals surface area contributed by atoms with Crippen molar-refractivity contribution in [3.63, 3.8) is 0 Å². The topological polar surface area (TPSA) is 75.2 Å². The Hall–Kier alpha value is -2.30. The van der Waals surface area contributed by atoms with Crippen LogP contribution in [0.5, 0.6) is 11.5 Å². The predicted molar refractivity (Wildman–Crippen MR) is 56.7 cm³/mol. The van der Waals surface area contributed by atoms with Gasteiger partial charge >= 0.3 is 0 Å². The van der Waals surface area contributed by atoms with E-state index in [9.17, 15) is 9.90 Å². The molecule has 1 aromatic carbocycles. The minimum Gasteiger partial charge on any atom is -0.507 e. The van der Waals surface area contributed by atoms with Crippen LogP contribution in [-0.2, 0) is 0 Å². The fourth-order valence-corrected chi connectivity index (χ4v) is 1.35. The van der Waals surface area contributed by atoms with Gasteiger partial charge < -0.3 is 9.84 Å². The minimum atomic E-state index is -0.301. The van der Waals surface area contributed by atoms with Crippen molar-refractivity contribution in [2.24, 2.45) is 0 Å². The second kappa shape index (κ2) is 4.06. The smallest absolute Gasteiger partial charge is 0.200 e. The van der Waals surface area contributed by atoms with Gasteiger partial charge in [0.1, 0.15) is 11.5 Å². The van der Waals surface area contributed by atoms with Crippen molar-refractivity contribution >= 4 is 5.78 Å². The van der Waals surface area contributed by atoms with Crippen LogP contribution in [0.1, 0.15) is 15.9 Å². The van der Waals surface area contributed by atoms with E-state index in [1.807, 2.05) is 0 Å². The highest BCUT2D eigenvalue weighted by atomic mass is 16.5. The summed E-state index contributed by atoms with van der Waals surface area (Å²) in [6, 6.07) is 4.50. The van der Waals surface area contributed by atoms with Crippen LogP contribution >= 0.6 is 0 Å². The molecule has 0 unspecified atom stereocenters. The number of carbonyl (C=O) groups excluding carboxylic acids is 1. The van der Waals surface area contributed by atoms with Crippen LogP contribution in [0.15, 0.2) is 30.6 Å². The van der Waals surface area contributed by atoms with E-state index in [-0.39, 0.29) is 17.1 Å². The van der Waals surface area contributed by atoms with Crippen molar-refractivity contribution in [3.8, 4) is 11.5 Å². The van der Waals surface area contributed by atoms with Crippen LogP contribution in [0.3, 0.4) is 0 Å². The van der Waals surface area contributed by atoms with E-state index in [1.54, 1.807) is 6.07 Å². The van der Waals surface area contributed by atoms with Gasteiger partial charge in [-0.3, -0.25) is 9.89 Å². The first-order valence-electron chi connectivity index (χ1n) is 4.63. The Kier molecular flexibility index (Phi) is 2.59. The maximum atomic E-state index is 11.9. The number of ketones is 1. The molecule has 0 saturated heterocycles. The highest BCUT2D eigenvalue weighted by molar-refractivity contribution is 6.10. The lowest BCUT2D eigenvalue weighted by molar-refractivity contribution is 0.103. The SMILES string of the molecule is COc1ccc(O)c(C(=O)c2cn[nH]c2)c1. The summed E-state index contributed by atoms with van der Waals surface area (Å²) in [5.74, 6) is 0.141. The molecule has 2 aromatic rings. The lowest BCUT2D eigenvalue weighted by atomic mass is 10.1. The van der Waals surface area contributed by atoms with E-state index >= 15 is 0 Å². The molecule has 1 aromatic heterocycles. The lowest BCUT2D eigenvalue weighted by Crippen LogP contribution is -2.00. The molecule has 0 fully saturated rings. The van der Waals surface area contributed by atoms with Crippen LogP contribution in [-0.4, -0.2) is 28.2 Å². The number of aromatic hydroxyl groups is 1. The van der Waals surface area contributed by atoms with Gasteiger partial charge in [-0.05, 0) is 18.2 Å². The van der Waals surface area contributed by atoms with Crippen LogP contribution in [0, 0.1) is 0 Å². The number of aromatic nitrogens is 2. The summed E-state index contributed by atoms with van der Waals surface area (Å²) in [4.78, 5) is 11.9. The van der Waals surface area contributed by atoms with Crippen LogP contribution in [0.25, 0.3) is 0 Å². The van der Waals surface area contributed by atoms with Gasteiger partial charge in [0.05, 0.1) is 24.4 Å². The molecule has 0 radical (unpaired) electrons. The molecule has 0 aliphatic carbocycles. The molecule has 82 valence electrons. The van der Waals surface area contributed by atoms with Gasteiger partial charge in [-0.25, -0.2) is 0 Å². The summed E-state index contributed by atoms with van der Waals surface area (Å²) in [6.07, 6.45) is 2.88. The summed E-state index contributed by atoms with van der Waals surface area (Å²) >= 11 is 0. The number of nitrogens with one attached hydrogen (secondary N) is 1. The van der Waals surface area contributed by atoms with E-state index in [4.69, 9.17) is 4.74 Å². The van der Waals surface area contributed by atoms with E-state index < -0.39 is 0 Å². The quantitative estimate of drug-likeness (QED) is 0.762. The zero-order valence-electron chi connectivity index (χ0n) is 8.60. The molecule has 5 heteroatoms. The van der Waals surface area contributed by atoms with Gasteiger partial charge in [0, 0.05) is 6.20 Å². The molecule has 2 N–H and O–H groups in total. The van der Waals surface area contributed by atoms with Crippen molar-refractivity contribution in [3.05, 3.63) is 41.7 Å². The summed E-state index contributed by atoms with van der Waals surface area (Å²) in [6.45, 7) is 0. The molecule has 16 heavy (non-hydrogen) atoms. The molecule has 2 rings (SSSR count). The largest absolute Gasteiger partial charge is 0.507 e. The van der Waals surface area contributed by atoms with Crippen LogP contribution in [0.4, 0.5) is 0 Å². The maximum Gasteiger partial charge on any atom is 0.200 e. The Morgan fingerprint density at radius 1 is 1.50 bits per heavy atom. The molecule has 0 aliphatic heterocycles. The zero-order chi connectivity index (χ0) is 11.5. The summed E-state index contributed by atoms with van der Waals surface area (Å²) in [5, 5.41) is 15.8. The van der Waals surface area contributed by atoms with Crippen molar-refractivity contribution in [2.45, 2.75) is 0 Å². The van der Waals surface area contributed by atoms with Gasteiger partial charge in [-0.2, -0.15) is 5.10 Å². The van der Waals surface area contributed by atoms with Gasteiger partial charge in [0.15, 0.2) is 5.78 Å². The number of benzene rings is 1. The first-order valence-corrected chi connectivity index (χ1v) is 4.63. The van der Waals surface area contributed by atoms with Crippen molar-refractivity contribution in [1.82, 2.24) is 10.2 Å². The fraction of sp³-hybridized carbons (Fsp3) is 0.0909. The average Bonchev–Trinajstić information content (AvgIpc) is 2.82. The summed E-state index contributed by atoms with van der Waals surface area (Å²) in [5.41, 5.74) is 0.587. The zero-order valence-corrected chi connectivity index (χ0v) is 8.60. The normalized spacial score (nSPS) is 10.1. The highest BCUT2D eigenvalue weighted by Gasteiger charge is 2.15. The molecule has 0 atom stereocenters. The molecule has 0 bridgehead atoms. The van der Waals surface area contributed by atoms with Crippen molar-refractivity contribution in [2.75, 3.05) is 7.11 Å². The Morgan fingerprint density at radius 2 is 2.31 bits per heavy atom. The fourth-order valence-electron chi connectivity index (χ4n) is 1.35. The van der Waals surface area contributed by atoms with Crippen LogP contribution in [0.2, 0.25) is 0 Å². The molecule has 5 nitrogen and oxygen atoms in total. The number of carbonyl (C=O) groups is 1. The number of ether oxygens (including phenoxy) is 1. The maximum absolute atomic E-state index is 11.9. The number of hydrogen-bond donors (Lipinski definition) is 2. The van der Waals surface area contributed by atoms with Gasteiger partial charge in [-0.1, -0.05) is 0 Å². The number of phenols is 1. The molecular weight excluding hydrogens is 208 g/mol.